The maximum atomic E-state index is 12.4. The SMILES string of the molecule is O=S([O-])Cc1cccc(F)c1.[Na+]. The third-order valence-corrected chi connectivity index (χ3v) is 1.74. The Bertz CT molecular complexity index is 280. The summed E-state index contributed by atoms with van der Waals surface area (Å²) >= 11 is -2.14. The van der Waals surface area contributed by atoms with Crippen LogP contribution >= 0.6 is 0 Å². The second kappa shape index (κ2) is 5.83. The molecule has 0 radical (unpaired) electrons. The van der Waals surface area contributed by atoms with Crippen molar-refractivity contribution in [2.75, 3.05) is 0 Å². The molecule has 2 nitrogen and oxygen atoms in total. The molecular formula is C7H6FNaO2S. The molecule has 1 rings (SSSR count). The van der Waals surface area contributed by atoms with Crippen LogP contribution in [0.5, 0.6) is 0 Å². The normalized spacial score (nSPS) is 11.8. The van der Waals surface area contributed by atoms with Crippen molar-refractivity contribution in [3.8, 4) is 0 Å². The van der Waals surface area contributed by atoms with Crippen LogP contribution < -0.4 is 29.6 Å². The molecule has 0 aliphatic rings. The predicted octanol–water partition coefficient (Wildman–Crippen LogP) is -1.79. The molecule has 0 saturated heterocycles. The Hall–Kier alpha value is 0.260. The van der Waals surface area contributed by atoms with Crippen molar-refractivity contribution in [1.29, 1.82) is 0 Å². The van der Waals surface area contributed by atoms with Crippen molar-refractivity contribution < 1.29 is 42.7 Å². The second-order valence-corrected chi connectivity index (χ2v) is 2.97. The van der Waals surface area contributed by atoms with Crippen LogP contribution in [0.3, 0.4) is 0 Å². The fourth-order valence-corrected chi connectivity index (χ4v) is 1.21. The van der Waals surface area contributed by atoms with Crippen LogP contribution in [0.4, 0.5) is 4.39 Å². The van der Waals surface area contributed by atoms with Gasteiger partial charge in [0.05, 0.1) is 0 Å². The van der Waals surface area contributed by atoms with Crippen molar-refractivity contribution >= 4 is 11.1 Å². The fraction of sp³-hybridized carbons (Fsp3) is 0.143. The zero-order valence-electron chi connectivity index (χ0n) is 6.62. The number of rotatable bonds is 2. The van der Waals surface area contributed by atoms with Gasteiger partial charge in [-0.3, -0.25) is 4.21 Å². The molecule has 0 amide bonds. The largest absolute Gasteiger partial charge is 1.00 e. The fourth-order valence-electron chi connectivity index (χ4n) is 0.763. The molecule has 1 unspecified atom stereocenters. The molecule has 0 bridgehead atoms. The van der Waals surface area contributed by atoms with Crippen molar-refractivity contribution in [3.05, 3.63) is 35.6 Å². The Morgan fingerprint density at radius 2 is 2.17 bits per heavy atom. The molecule has 0 heterocycles. The summed E-state index contributed by atoms with van der Waals surface area (Å²) < 4.78 is 32.7. The van der Waals surface area contributed by atoms with Crippen LogP contribution in [-0.2, 0) is 16.8 Å². The van der Waals surface area contributed by atoms with E-state index in [1.807, 2.05) is 0 Å². The number of hydrogen-bond acceptors (Lipinski definition) is 2. The average molecular weight is 196 g/mol. The van der Waals surface area contributed by atoms with E-state index >= 15 is 0 Å². The summed E-state index contributed by atoms with van der Waals surface area (Å²) in [6.07, 6.45) is 0. The first kappa shape index (κ1) is 12.3. The summed E-state index contributed by atoms with van der Waals surface area (Å²) in [6.45, 7) is 0. The maximum absolute atomic E-state index is 12.4. The van der Waals surface area contributed by atoms with Gasteiger partial charge in [0.25, 0.3) is 0 Å². The third-order valence-electron chi connectivity index (χ3n) is 1.17. The molecule has 1 atom stereocenters. The van der Waals surface area contributed by atoms with E-state index in [0.717, 1.165) is 0 Å². The van der Waals surface area contributed by atoms with Crippen LogP contribution in [0, 0.1) is 5.82 Å². The Kier molecular flexibility index (Phi) is 5.96. The summed E-state index contributed by atoms with van der Waals surface area (Å²) in [7, 11) is 0. The van der Waals surface area contributed by atoms with Crippen molar-refractivity contribution in [2.45, 2.75) is 5.75 Å². The quantitative estimate of drug-likeness (QED) is 0.414. The molecule has 0 N–H and O–H groups in total. The maximum Gasteiger partial charge on any atom is 1.00 e. The molecule has 0 aliphatic carbocycles. The molecule has 12 heavy (non-hydrogen) atoms. The molecular weight excluding hydrogens is 190 g/mol. The first-order valence-corrected chi connectivity index (χ1v) is 4.23. The van der Waals surface area contributed by atoms with Gasteiger partial charge in [0, 0.05) is 5.75 Å². The van der Waals surface area contributed by atoms with Crippen molar-refractivity contribution in [3.63, 3.8) is 0 Å². The van der Waals surface area contributed by atoms with Gasteiger partial charge in [-0.05, 0) is 17.7 Å². The van der Waals surface area contributed by atoms with Gasteiger partial charge in [0.1, 0.15) is 5.82 Å². The summed E-state index contributed by atoms with van der Waals surface area (Å²) in [5.41, 5.74) is 0.471. The summed E-state index contributed by atoms with van der Waals surface area (Å²) in [5.74, 6) is -0.537. The topological polar surface area (TPSA) is 40.1 Å². The third kappa shape index (κ3) is 4.33. The molecule has 0 aliphatic heterocycles. The predicted molar refractivity (Wildman–Crippen MR) is 39.0 cm³/mol. The zero-order chi connectivity index (χ0) is 8.27. The van der Waals surface area contributed by atoms with Gasteiger partial charge in [-0.15, -0.1) is 0 Å². The molecule has 5 heteroatoms. The van der Waals surface area contributed by atoms with E-state index in [2.05, 4.69) is 0 Å². The molecule has 0 fully saturated rings. The summed E-state index contributed by atoms with van der Waals surface area (Å²) in [6, 6.07) is 5.53. The Morgan fingerprint density at radius 3 is 2.67 bits per heavy atom. The smallest absolute Gasteiger partial charge is 0.772 e. The molecule has 1 aromatic rings. The Balaban J connectivity index is 0.00000121. The van der Waals surface area contributed by atoms with Crippen LogP contribution in [-0.4, -0.2) is 8.76 Å². The van der Waals surface area contributed by atoms with Gasteiger partial charge in [-0.25, -0.2) is 4.39 Å². The Labute approximate surface area is 94.8 Å². The van der Waals surface area contributed by atoms with Gasteiger partial charge in [-0.2, -0.15) is 0 Å². The molecule has 0 aromatic heterocycles. The minimum absolute atomic E-state index is 0. The van der Waals surface area contributed by atoms with Gasteiger partial charge in [0.15, 0.2) is 0 Å². The second-order valence-electron chi connectivity index (χ2n) is 2.08. The van der Waals surface area contributed by atoms with Gasteiger partial charge in [0.2, 0.25) is 0 Å². The first-order valence-electron chi connectivity index (χ1n) is 2.99. The van der Waals surface area contributed by atoms with E-state index in [4.69, 9.17) is 0 Å². The summed E-state index contributed by atoms with van der Waals surface area (Å²) in [5, 5.41) is 0. The van der Waals surface area contributed by atoms with E-state index < -0.39 is 16.9 Å². The van der Waals surface area contributed by atoms with E-state index in [0.29, 0.717) is 5.56 Å². The monoisotopic (exact) mass is 196 g/mol. The van der Waals surface area contributed by atoms with E-state index in [9.17, 15) is 13.2 Å². The minimum Gasteiger partial charge on any atom is -0.772 e. The van der Waals surface area contributed by atoms with Gasteiger partial charge in [-0.1, -0.05) is 23.2 Å². The average Bonchev–Trinajstić information content (AvgIpc) is 1.85. The number of hydrogen-bond donors (Lipinski definition) is 0. The number of halogens is 1. The van der Waals surface area contributed by atoms with E-state index in [1.54, 1.807) is 6.07 Å². The minimum atomic E-state index is -2.14. The Morgan fingerprint density at radius 1 is 1.50 bits per heavy atom. The zero-order valence-corrected chi connectivity index (χ0v) is 9.44. The van der Waals surface area contributed by atoms with Crippen molar-refractivity contribution in [1.82, 2.24) is 0 Å². The molecule has 60 valence electrons. The van der Waals surface area contributed by atoms with Gasteiger partial charge >= 0.3 is 29.6 Å². The van der Waals surface area contributed by atoms with Gasteiger partial charge < -0.3 is 4.55 Å². The van der Waals surface area contributed by atoms with E-state index in [1.165, 1.54) is 18.2 Å². The van der Waals surface area contributed by atoms with Crippen LogP contribution in [0.15, 0.2) is 24.3 Å². The first-order chi connectivity index (χ1) is 5.18. The molecule has 0 saturated carbocycles. The van der Waals surface area contributed by atoms with Crippen molar-refractivity contribution in [2.24, 2.45) is 0 Å². The standard InChI is InChI=1S/C7H7FO2S.Na/c8-7-3-1-2-6(4-7)5-11(9)10;/h1-4H,5H2,(H,9,10);/q;+1/p-1. The van der Waals surface area contributed by atoms with E-state index in [-0.39, 0.29) is 35.3 Å². The molecule has 0 spiro atoms. The number of benzene rings is 1. The van der Waals surface area contributed by atoms with Crippen LogP contribution in [0.1, 0.15) is 5.56 Å². The molecule has 1 aromatic carbocycles. The summed E-state index contributed by atoms with van der Waals surface area (Å²) in [4.78, 5) is 0. The van der Waals surface area contributed by atoms with Crippen LogP contribution in [0.2, 0.25) is 0 Å². The van der Waals surface area contributed by atoms with Crippen LogP contribution in [0.25, 0.3) is 0 Å².